The van der Waals surface area contributed by atoms with Gasteiger partial charge in [-0.1, -0.05) is 23.7 Å². The molecule has 0 fully saturated rings. The van der Waals surface area contributed by atoms with E-state index in [2.05, 4.69) is 20.9 Å². The first-order valence-corrected chi connectivity index (χ1v) is 6.58. The van der Waals surface area contributed by atoms with Crippen LogP contribution in [-0.4, -0.2) is 11.0 Å². The number of carbonyl (C=O) groups is 1. The summed E-state index contributed by atoms with van der Waals surface area (Å²) >= 11 is 8.97. The Kier molecular flexibility index (Phi) is 4.71. The van der Waals surface area contributed by atoms with E-state index in [4.69, 9.17) is 16.3 Å². The fourth-order valence-electron chi connectivity index (χ4n) is 1.33. The number of hydrogen-bond donors (Lipinski definition) is 0. The molecular formula is C14H9BrClNO2. The monoisotopic (exact) mass is 337 g/mol. The lowest BCUT2D eigenvalue weighted by molar-refractivity contribution is -0.128. The lowest BCUT2D eigenvalue weighted by Gasteiger charge is -2.02. The minimum absolute atomic E-state index is 0.383. The fraction of sp³-hybridized carbons (Fsp3) is 0. The fourth-order valence-corrected chi connectivity index (χ4v) is 1.79. The highest BCUT2D eigenvalue weighted by Crippen LogP contribution is 2.21. The van der Waals surface area contributed by atoms with Crippen LogP contribution in [0, 0.1) is 0 Å². The second-order valence-electron chi connectivity index (χ2n) is 3.60. The third-order valence-electron chi connectivity index (χ3n) is 2.22. The van der Waals surface area contributed by atoms with Gasteiger partial charge in [0.25, 0.3) is 0 Å². The quantitative estimate of drug-likeness (QED) is 0.480. The summed E-state index contributed by atoms with van der Waals surface area (Å²) in [5.41, 5.74) is 0.867. The van der Waals surface area contributed by atoms with Crippen LogP contribution in [0.25, 0.3) is 6.08 Å². The standard InChI is InChI=1S/C14H9BrClNO2/c15-14-12(2-1-9-17-14)19-13(18)8-5-10-3-6-11(16)7-4-10/h1-9H/b8-5+. The molecule has 0 aliphatic heterocycles. The second-order valence-corrected chi connectivity index (χ2v) is 4.79. The van der Waals surface area contributed by atoms with Gasteiger partial charge in [-0.15, -0.1) is 0 Å². The smallest absolute Gasteiger partial charge is 0.336 e. The predicted molar refractivity (Wildman–Crippen MR) is 78.1 cm³/mol. The number of esters is 1. The number of hydrogen-bond acceptors (Lipinski definition) is 3. The largest absolute Gasteiger partial charge is 0.420 e. The summed E-state index contributed by atoms with van der Waals surface area (Å²) in [4.78, 5) is 15.6. The molecule has 1 aromatic heterocycles. The summed E-state index contributed by atoms with van der Waals surface area (Å²) in [5, 5.41) is 0.652. The average molecular weight is 339 g/mol. The first-order valence-electron chi connectivity index (χ1n) is 5.41. The Morgan fingerprint density at radius 3 is 2.68 bits per heavy atom. The topological polar surface area (TPSA) is 39.2 Å². The van der Waals surface area contributed by atoms with E-state index in [0.29, 0.717) is 15.4 Å². The summed E-state index contributed by atoms with van der Waals surface area (Å²) in [6.07, 6.45) is 4.61. The zero-order valence-electron chi connectivity index (χ0n) is 9.72. The minimum Gasteiger partial charge on any atom is -0.420 e. The molecule has 0 atom stereocenters. The van der Waals surface area contributed by atoms with Gasteiger partial charge in [-0.2, -0.15) is 0 Å². The molecule has 0 N–H and O–H groups in total. The highest BCUT2D eigenvalue weighted by molar-refractivity contribution is 9.10. The Balaban J connectivity index is 2.02. The van der Waals surface area contributed by atoms with Crippen molar-refractivity contribution in [3.8, 4) is 5.75 Å². The van der Waals surface area contributed by atoms with E-state index in [1.807, 2.05) is 12.1 Å². The SMILES string of the molecule is O=C(/C=C/c1ccc(Cl)cc1)Oc1cccnc1Br. The van der Waals surface area contributed by atoms with Gasteiger partial charge < -0.3 is 4.74 Å². The van der Waals surface area contributed by atoms with Crippen LogP contribution in [0.2, 0.25) is 5.02 Å². The minimum atomic E-state index is -0.469. The first kappa shape index (κ1) is 13.8. The molecule has 0 spiro atoms. The molecule has 0 saturated heterocycles. The number of carbonyl (C=O) groups excluding carboxylic acids is 1. The molecule has 19 heavy (non-hydrogen) atoms. The van der Waals surface area contributed by atoms with Gasteiger partial charge in [-0.05, 0) is 51.8 Å². The van der Waals surface area contributed by atoms with Gasteiger partial charge >= 0.3 is 5.97 Å². The van der Waals surface area contributed by atoms with Crippen LogP contribution >= 0.6 is 27.5 Å². The second kappa shape index (κ2) is 6.50. The predicted octanol–water partition coefficient (Wildman–Crippen LogP) is 4.12. The molecule has 0 saturated carbocycles. The molecule has 96 valence electrons. The van der Waals surface area contributed by atoms with Gasteiger partial charge in [-0.3, -0.25) is 0 Å². The van der Waals surface area contributed by atoms with E-state index in [9.17, 15) is 4.79 Å². The maximum Gasteiger partial charge on any atom is 0.336 e. The van der Waals surface area contributed by atoms with Gasteiger partial charge in [0.15, 0.2) is 5.75 Å². The average Bonchev–Trinajstić information content (AvgIpc) is 2.41. The van der Waals surface area contributed by atoms with Crippen molar-refractivity contribution in [2.75, 3.05) is 0 Å². The zero-order valence-corrected chi connectivity index (χ0v) is 12.1. The third-order valence-corrected chi connectivity index (χ3v) is 3.06. The number of pyridine rings is 1. The van der Waals surface area contributed by atoms with Gasteiger partial charge in [0.1, 0.15) is 4.60 Å². The lowest BCUT2D eigenvalue weighted by Crippen LogP contribution is -2.04. The maximum atomic E-state index is 11.6. The van der Waals surface area contributed by atoms with Crippen molar-refractivity contribution in [3.63, 3.8) is 0 Å². The summed E-state index contributed by atoms with van der Waals surface area (Å²) < 4.78 is 5.62. The number of nitrogens with zero attached hydrogens (tertiary/aromatic N) is 1. The molecule has 2 aromatic rings. The molecule has 0 bridgehead atoms. The Labute approximate surface area is 124 Å². The Morgan fingerprint density at radius 2 is 2.00 bits per heavy atom. The summed E-state index contributed by atoms with van der Waals surface area (Å²) in [6.45, 7) is 0. The Hall–Kier alpha value is -1.65. The number of ether oxygens (including phenoxy) is 1. The molecule has 0 aliphatic rings. The maximum absolute atomic E-state index is 11.6. The van der Waals surface area contributed by atoms with Gasteiger partial charge in [-0.25, -0.2) is 9.78 Å². The van der Waals surface area contributed by atoms with Crippen molar-refractivity contribution in [3.05, 3.63) is 63.9 Å². The van der Waals surface area contributed by atoms with Crippen molar-refractivity contribution in [1.82, 2.24) is 4.98 Å². The number of halogens is 2. The van der Waals surface area contributed by atoms with Crippen LogP contribution in [0.15, 0.2) is 53.3 Å². The molecule has 0 aliphatic carbocycles. The van der Waals surface area contributed by atoms with Crippen LogP contribution < -0.4 is 4.74 Å². The van der Waals surface area contributed by atoms with Gasteiger partial charge in [0, 0.05) is 17.3 Å². The van der Waals surface area contributed by atoms with Crippen molar-refractivity contribution in [2.45, 2.75) is 0 Å². The molecule has 3 nitrogen and oxygen atoms in total. The van der Waals surface area contributed by atoms with Crippen LogP contribution in [0.3, 0.4) is 0 Å². The summed E-state index contributed by atoms with van der Waals surface area (Å²) in [7, 11) is 0. The van der Waals surface area contributed by atoms with E-state index < -0.39 is 5.97 Å². The number of benzene rings is 1. The van der Waals surface area contributed by atoms with Crippen LogP contribution in [0.4, 0.5) is 0 Å². The van der Waals surface area contributed by atoms with Crippen molar-refractivity contribution in [2.24, 2.45) is 0 Å². The molecular weight excluding hydrogens is 330 g/mol. The highest BCUT2D eigenvalue weighted by Gasteiger charge is 2.04. The highest BCUT2D eigenvalue weighted by atomic mass is 79.9. The third kappa shape index (κ3) is 4.19. The van der Waals surface area contributed by atoms with Crippen LogP contribution in [-0.2, 0) is 4.79 Å². The van der Waals surface area contributed by atoms with Crippen LogP contribution in [0.5, 0.6) is 5.75 Å². The van der Waals surface area contributed by atoms with Gasteiger partial charge in [0.2, 0.25) is 0 Å². The van der Waals surface area contributed by atoms with Crippen molar-refractivity contribution < 1.29 is 9.53 Å². The molecule has 2 rings (SSSR count). The molecule has 0 amide bonds. The first-order chi connectivity index (χ1) is 9.15. The summed E-state index contributed by atoms with van der Waals surface area (Å²) in [5.74, 6) is -0.0862. The summed E-state index contributed by atoms with van der Waals surface area (Å²) in [6, 6.07) is 10.5. The van der Waals surface area contributed by atoms with E-state index >= 15 is 0 Å². The van der Waals surface area contributed by atoms with Gasteiger partial charge in [0.05, 0.1) is 0 Å². The lowest BCUT2D eigenvalue weighted by atomic mass is 10.2. The molecule has 5 heteroatoms. The normalized spacial score (nSPS) is 10.6. The number of aromatic nitrogens is 1. The van der Waals surface area contributed by atoms with E-state index in [1.54, 1.807) is 36.5 Å². The van der Waals surface area contributed by atoms with Crippen molar-refractivity contribution >= 4 is 39.6 Å². The number of rotatable bonds is 3. The van der Waals surface area contributed by atoms with E-state index in [0.717, 1.165) is 5.56 Å². The molecule has 0 radical (unpaired) electrons. The Morgan fingerprint density at radius 1 is 1.26 bits per heavy atom. The zero-order chi connectivity index (χ0) is 13.7. The van der Waals surface area contributed by atoms with E-state index in [1.165, 1.54) is 6.08 Å². The molecule has 0 unspecified atom stereocenters. The van der Waals surface area contributed by atoms with E-state index in [-0.39, 0.29) is 0 Å². The molecule has 1 heterocycles. The van der Waals surface area contributed by atoms with Crippen LogP contribution in [0.1, 0.15) is 5.56 Å². The van der Waals surface area contributed by atoms with Crippen molar-refractivity contribution in [1.29, 1.82) is 0 Å². The Bertz CT molecular complexity index is 611. The molecule has 1 aromatic carbocycles.